The molecule has 0 bridgehead atoms. The lowest BCUT2D eigenvalue weighted by molar-refractivity contribution is -0.200. The second kappa shape index (κ2) is 6.83. The molecule has 7 nitrogen and oxygen atoms in total. The summed E-state index contributed by atoms with van der Waals surface area (Å²) in [6.45, 7) is 1.23. The number of hydrogen-bond acceptors (Lipinski definition) is 4. The monoisotopic (exact) mass is 396 g/mol. The Kier molecular flexibility index (Phi) is 4.38. The fraction of sp³-hybridized carbons (Fsp3) is 0.591. The summed E-state index contributed by atoms with van der Waals surface area (Å²) in [7, 11) is 1.86. The lowest BCUT2D eigenvalue weighted by Crippen LogP contribution is -2.77. The van der Waals surface area contributed by atoms with Gasteiger partial charge < -0.3 is 14.9 Å². The molecule has 154 valence electrons. The Morgan fingerprint density at radius 1 is 1.14 bits per heavy atom. The quantitative estimate of drug-likeness (QED) is 0.789. The number of β-lactam (4-membered cyclic amide) rings is 1. The van der Waals surface area contributed by atoms with Gasteiger partial charge in [-0.05, 0) is 31.7 Å². The fourth-order valence-electron chi connectivity index (χ4n) is 5.72. The first-order valence-corrected chi connectivity index (χ1v) is 10.8. The second-order valence-electron chi connectivity index (χ2n) is 8.79. The predicted molar refractivity (Wildman–Crippen MR) is 108 cm³/mol. The van der Waals surface area contributed by atoms with Gasteiger partial charge in [0.05, 0.1) is 11.1 Å². The number of fused-ring (bicyclic) bond motifs is 1. The van der Waals surface area contributed by atoms with Crippen LogP contribution in [0.1, 0.15) is 55.4 Å². The Hall–Kier alpha value is -2.41. The number of amides is 2. The number of likely N-dealkylation sites (tertiary alicyclic amines) is 2. The number of para-hydroxylation sites is 1. The van der Waals surface area contributed by atoms with Gasteiger partial charge in [-0.3, -0.25) is 14.3 Å². The molecule has 29 heavy (non-hydrogen) atoms. The summed E-state index contributed by atoms with van der Waals surface area (Å²) < 4.78 is 1.75. The van der Waals surface area contributed by atoms with Gasteiger partial charge in [0.15, 0.2) is 11.8 Å². The van der Waals surface area contributed by atoms with Crippen molar-refractivity contribution in [1.29, 1.82) is 0 Å². The van der Waals surface area contributed by atoms with E-state index in [2.05, 4.69) is 5.10 Å². The molecule has 2 saturated heterocycles. The Bertz CT molecular complexity index is 954. The zero-order chi connectivity index (χ0) is 20.2. The molecule has 0 radical (unpaired) electrons. The van der Waals surface area contributed by atoms with E-state index < -0.39 is 6.10 Å². The molecule has 1 unspecified atom stereocenters. The Balaban J connectivity index is 1.30. The first kappa shape index (κ1) is 18.6. The van der Waals surface area contributed by atoms with E-state index in [9.17, 15) is 14.7 Å². The standard InChI is InChI=1S/C22H28N4O3/c1-24-17-8-4-3-7-16(17)18(23-24)20(28)25-13-9-15(10-14-25)26-21(29)19(27)22(26)11-5-2-6-12-22/h3-4,7-8,15,19,27H,2,5-6,9-14H2,1H3. The van der Waals surface area contributed by atoms with Crippen LogP contribution < -0.4 is 0 Å². The van der Waals surface area contributed by atoms with Crippen molar-refractivity contribution in [1.82, 2.24) is 19.6 Å². The van der Waals surface area contributed by atoms with Gasteiger partial charge in [0.25, 0.3) is 11.8 Å². The summed E-state index contributed by atoms with van der Waals surface area (Å²) >= 11 is 0. The molecular formula is C22H28N4O3. The predicted octanol–water partition coefficient (Wildman–Crippen LogP) is 2.08. The Labute approximate surface area is 170 Å². The lowest BCUT2D eigenvalue weighted by atomic mass is 9.68. The smallest absolute Gasteiger partial charge is 0.275 e. The van der Waals surface area contributed by atoms with E-state index in [1.807, 2.05) is 41.1 Å². The summed E-state index contributed by atoms with van der Waals surface area (Å²) in [5, 5.41) is 15.8. The molecule has 1 spiro atoms. The minimum atomic E-state index is -0.831. The van der Waals surface area contributed by atoms with E-state index in [4.69, 9.17) is 0 Å². The van der Waals surface area contributed by atoms with Crippen LogP contribution in [0.4, 0.5) is 0 Å². The Morgan fingerprint density at radius 3 is 2.55 bits per heavy atom. The maximum atomic E-state index is 13.1. The zero-order valence-corrected chi connectivity index (χ0v) is 16.9. The number of aryl methyl sites for hydroxylation is 1. The number of aliphatic hydroxyl groups excluding tert-OH is 1. The average molecular weight is 396 g/mol. The topological polar surface area (TPSA) is 78.7 Å². The minimum Gasteiger partial charge on any atom is -0.381 e. The van der Waals surface area contributed by atoms with E-state index in [1.165, 1.54) is 6.42 Å². The van der Waals surface area contributed by atoms with Crippen molar-refractivity contribution in [2.45, 2.75) is 62.6 Å². The molecule has 1 aromatic heterocycles. The molecule has 1 aliphatic carbocycles. The molecular weight excluding hydrogens is 368 g/mol. The van der Waals surface area contributed by atoms with Gasteiger partial charge in [-0.1, -0.05) is 37.5 Å². The highest BCUT2D eigenvalue weighted by Crippen LogP contribution is 2.46. The van der Waals surface area contributed by atoms with Crippen molar-refractivity contribution in [3.05, 3.63) is 30.0 Å². The van der Waals surface area contributed by atoms with Gasteiger partial charge in [0, 0.05) is 31.6 Å². The highest BCUT2D eigenvalue weighted by Gasteiger charge is 2.61. The van der Waals surface area contributed by atoms with Gasteiger partial charge in [-0.25, -0.2) is 0 Å². The van der Waals surface area contributed by atoms with E-state index in [1.54, 1.807) is 4.68 Å². The molecule has 2 aromatic rings. The van der Waals surface area contributed by atoms with Crippen LogP contribution in [0, 0.1) is 0 Å². The van der Waals surface area contributed by atoms with Crippen LogP contribution in [0.2, 0.25) is 0 Å². The third kappa shape index (κ3) is 2.70. The fourth-order valence-corrected chi connectivity index (χ4v) is 5.72. The molecule has 2 amide bonds. The number of hydrogen-bond donors (Lipinski definition) is 1. The number of carbonyl (C=O) groups excluding carboxylic acids is 2. The third-order valence-corrected chi connectivity index (χ3v) is 7.26. The maximum absolute atomic E-state index is 13.1. The highest BCUT2D eigenvalue weighted by molar-refractivity contribution is 6.04. The first-order valence-electron chi connectivity index (χ1n) is 10.8. The van der Waals surface area contributed by atoms with Crippen molar-refractivity contribution < 1.29 is 14.7 Å². The lowest BCUT2D eigenvalue weighted by Gasteiger charge is -2.61. The zero-order valence-electron chi connectivity index (χ0n) is 16.9. The van der Waals surface area contributed by atoms with E-state index in [-0.39, 0.29) is 23.4 Å². The van der Waals surface area contributed by atoms with Crippen LogP contribution in [-0.4, -0.2) is 67.3 Å². The van der Waals surface area contributed by atoms with Crippen molar-refractivity contribution in [3.8, 4) is 0 Å². The number of piperidine rings is 1. The highest BCUT2D eigenvalue weighted by atomic mass is 16.3. The van der Waals surface area contributed by atoms with Crippen molar-refractivity contribution in [3.63, 3.8) is 0 Å². The van der Waals surface area contributed by atoms with Crippen molar-refractivity contribution in [2.75, 3.05) is 13.1 Å². The molecule has 3 aliphatic rings. The molecule has 1 N–H and O–H groups in total. The molecule has 5 rings (SSSR count). The van der Waals surface area contributed by atoms with Crippen LogP contribution in [0.5, 0.6) is 0 Å². The van der Waals surface area contributed by atoms with Gasteiger partial charge in [-0.15, -0.1) is 0 Å². The van der Waals surface area contributed by atoms with E-state index in [0.29, 0.717) is 18.8 Å². The summed E-state index contributed by atoms with van der Waals surface area (Å²) in [6.07, 6.45) is 5.82. The van der Waals surface area contributed by atoms with Crippen LogP contribution in [0.3, 0.4) is 0 Å². The summed E-state index contributed by atoms with van der Waals surface area (Å²) in [6, 6.07) is 7.90. The van der Waals surface area contributed by atoms with Gasteiger partial charge in [-0.2, -0.15) is 5.10 Å². The van der Waals surface area contributed by atoms with E-state index >= 15 is 0 Å². The largest absolute Gasteiger partial charge is 0.381 e. The normalized spacial score (nSPS) is 24.9. The summed E-state index contributed by atoms with van der Waals surface area (Å²) in [5.41, 5.74) is 1.11. The van der Waals surface area contributed by atoms with Crippen LogP contribution >= 0.6 is 0 Å². The number of nitrogens with zero attached hydrogens (tertiary/aromatic N) is 4. The molecule has 7 heteroatoms. The number of benzene rings is 1. The molecule has 1 saturated carbocycles. The Morgan fingerprint density at radius 2 is 1.83 bits per heavy atom. The number of carbonyl (C=O) groups is 2. The first-order chi connectivity index (χ1) is 14.0. The molecule has 3 heterocycles. The number of aromatic nitrogens is 2. The van der Waals surface area contributed by atoms with Crippen molar-refractivity contribution in [2.24, 2.45) is 7.05 Å². The van der Waals surface area contributed by atoms with Gasteiger partial charge in [0.2, 0.25) is 0 Å². The summed E-state index contributed by atoms with van der Waals surface area (Å²) in [4.78, 5) is 29.5. The molecule has 3 fully saturated rings. The number of rotatable bonds is 2. The SMILES string of the molecule is Cn1nc(C(=O)N2CCC(N3C(=O)C(O)C34CCCCC4)CC2)c2ccccc21. The van der Waals surface area contributed by atoms with Gasteiger partial charge >= 0.3 is 0 Å². The van der Waals surface area contributed by atoms with Crippen LogP contribution in [-0.2, 0) is 11.8 Å². The maximum Gasteiger partial charge on any atom is 0.275 e. The molecule has 1 atom stereocenters. The molecule has 2 aliphatic heterocycles. The average Bonchev–Trinajstić information content (AvgIpc) is 3.11. The van der Waals surface area contributed by atoms with E-state index in [0.717, 1.165) is 49.4 Å². The summed E-state index contributed by atoms with van der Waals surface area (Å²) in [5.74, 6) is -0.157. The number of aliphatic hydroxyl groups is 1. The minimum absolute atomic E-state index is 0.0393. The van der Waals surface area contributed by atoms with Crippen LogP contribution in [0.25, 0.3) is 10.9 Å². The second-order valence-corrected chi connectivity index (χ2v) is 8.79. The third-order valence-electron chi connectivity index (χ3n) is 7.26. The van der Waals surface area contributed by atoms with Crippen molar-refractivity contribution >= 4 is 22.7 Å². The van der Waals surface area contributed by atoms with Gasteiger partial charge in [0.1, 0.15) is 0 Å². The van der Waals surface area contributed by atoms with Crippen LogP contribution in [0.15, 0.2) is 24.3 Å². The molecule has 1 aromatic carbocycles.